The fourth-order valence-electron chi connectivity index (χ4n) is 3.07. The summed E-state index contributed by atoms with van der Waals surface area (Å²) in [6.07, 6.45) is 1.50. The molecule has 0 radical (unpaired) electrons. The molecule has 3 rings (SSSR count). The number of amides is 2. The number of benzene rings is 1. The van der Waals surface area contributed by atoms with Crippen molar-refractivity contribution in [2.75, 3.05) is 26.3 Å². The highest BCUT2D eigenvalue weighted by molar-refractivity contribution is 6.30. The van der Waals surface area contributed by atoms with E-state index >= 15 is 0 Å². The highest BCUT2D eigenvalue weighted by Crippen LogP contribution is 2.25. The van der Waals surface area contributed by atoms with Crippen LogP contribution in [0.15, 0.2) is 36.5 Å². The van der Waals surface area contributed by atoms with E-state index in [0.29, 0.717) is 23.0 Å². The summed E-state index contributed by atoms with van der Waals surface area (Å²) in [5.74, 6) is -0.120. The third-order valence-corrected chi connectivity index (χ3v) is 4.64. The van der Waals surface area contributed by atoms with Gasteiger partial charge in [0.1, 0.15) is 23.7 Å². The summed E-state index contributed by atoms with van der Waals surface area (Å²) in [4.78, 5) is 26.1. The molecule has 27 heavy (non-hydrogen) atoms. The number of morpholine rings is 1. The van der Waals surface area contributed by atoms with Gasteiger partial charge in [-0.3, -0.25) is 14.3 Å². The molecule has 0 spiro atoms. The molecule has 1 saturated heterocycles. The summed E-state index contributed by atoms with van der Waals surface area (Å²) in [5.41, 5.74) is 4.87. The standard InChI is InChI=1S/C18H21ClN4O4/c1-22-15(6-7-21-22)17(25)23-8-9-27-18(11-23,10-16(20)24)12-26-14-4-2-13(19)3-5-14/h2-7H,8-12H2,1H3,(H2,20,24)/t18-/m1/s1. The van der Waals surface area contributed by atoms with E-state index in [4.69, 9.17) is 26.8 Å². The minimum atomic E-state index is -1.02. The van der Waals surface area contributed by atoms with Crippen LogP contribution in [0.5, 0.6) is 5.75 Å². The van der Waals surface area contributed by atoms with Crippen LogP contribution in [-0.4, -0.2) is 58.4 Å². The molecule has 1 atom stereocenters. The summed E-state index contributed by atoms with van der Waals surface area (Å²) >= 11 is 5.88. The van der Waals surface area contributed by atoms with Crippen molar-refractivity contribution < 1.29 is 19.1 Å². The van der Waals surface area contributed by atoms with E-state index in [0.717, 1.165) is 0 Å². The lowest BCUT2D eigenvalue weighted by Crippen LogP contribution is -2.58. The van der Waals surface area contributed by atoms with Crippen LogP contribution in [0.4, 0.5) is 0 Å². The van der Waals surface area contributed by atoms with Gasteiger partial charge in [0, 0.05) is 24.8 Å². The Morgan fingerprint density at radius 2 is 2.07 bits per heavy atom. The molecule has 2 heterocycles. The molecule has 0 saturated carbocycles. The summed E-state index contributed by atoms with van der Waals surface area (Å²) in [7, 11) is 1.70. The molecule has 1 aliphatic rings. The van der Waals surface area contributed by atoms with Gasteiger partial charge in [-0.15, -0.1) is 0 Å². The molecule has 2 N–H and O–H groups in total. The van der Waals surface area contributed by atoms with E-state index in [9.17, 15) is 9.59 Å². The maximum atomic E-state index is 12.8. The first-order valence-electron chi connectivity index (χ1n) is 8.46. The zero-order valence-corrected chi connectivity index (χ0v) is 15.7. The van der Waals surface area contributed by atoms with Crippen molar-refractivity contribution in [3.8, 4) is 5.75 Å². The fraction of sp³-hybridized carbons (Fsp3) is 0.389. The second kappa shape index (κ2) is 7.98. The van der Waals surface area contributed by atoms with Gasteiger partial charge in [0.2, 0.25) is 5.91 Å². The van der Waals surface area contributed by atoms with Gasteiger partial charge < -0.3 is 20.1 Å². The molecule has 2 aromatic rings. The Morgan fingerprint density at radius 3 is 2.70 bits per heavy atom. The number of aryl methyl sites for hydroxylation is 1. The molecule has 0 bridgehead atoms. The summed E-state index contributed by atoms with van der Waals surface area (Å²) in [5, 5.41) is 4.62. The number of hydrogen-bond donors (Lipinski definition) is 1. The van der Waals surface area contributed by atoms with Crippen molar-refractivity contribution in [2.24, 2.45) is 12.8 Å². The Balaban J connectivity index is 1.76. The van der Waals surface area contributed by atoms with Gasteiger partial charge in [0.05, 0.1) is 19.6 Å². The van der Waals surface area contributed by atoms with E-state index in [1.165, 1.54) is 4.68 Å². The van der Waals surface area contributed by atoms with Crippen molar-refractivity contribution >= 4 is 23.4 Å². The van der Waals surface area contributed by atoms with E-state index in [1.807, 2.05) is 0 Å². The molecule has 8 nitrogen and oxygen atoms in total. The minimum Gasteiger partial charge on any atom is -0.490 e. The van der Waals surface area contributed by atoms with E-state index in [1.54, 1.807) is 48.5 Å². The molecule has 2 amide bonds. The SMILES string of the molecule is Cn1nccc1C(=O)N1CCO[C@](COc2ccc(Cl)cc2)(CC(N)=O)C1. The number of carbonyl (C=O) groups is 2. The lowest BCUT2D eigenvalue weighted by atomic mass is 9.97. The Kier molecular flexibility index (Phi) is 5.67. The predicted octanol–water partition coefficient (Wildman–Crippen LogP) is 1.24. The average molecular weight is 393 g/mol. The molecular weight excluding hydrogens is 372 g/mol. The molecule has 1 aromatic carbocycles. The maximum Gasteiger partial charge on any atom is 0.272 e. The van der Waals surface area contributed by atoms with E-state index in [-0.39, 0.29) is 32.1 Å². The van der Waals surface area contributed by atoms with Crippen molar-refractivity contribution in [1.82, 2.24) is 14.7 Å². The number of carbonyl (C=O) groups excluding carboxylic acids is 2. The van der Waals surface area contributed by atoms with Crippen molar-refractivity contribution in [1.29, 1.82) is 0 Å². The van der Waals surface area contributed by atoms with Gasteiger partial charge >= 0.3 is 0 Å². The normalized spacial score (nSPS) is 19.7. The smallest absolute Gasteiger partial charge is 0.272 e. The summed E-state index contributed by atoms with van der Waals surface area (Å²) in [6, 6.07) is 8.51. The monoisotopic (exact) mass is 392 g/mol. The molecule has 1 aliphatic heterocycles. The van der Waals surface area contributed by atoms with Gasteiger partial charge in [-0.2, -0.15) is 5.10 Å². The van der Waals surface area contributed by atoms with E-state index < -0.39 is 11.5 Å². The van der Waals surface area contributed by atoms with Crippen LogP contribution in [0.25, 0.3) is 0 Å². The average Bonchev–Trinajstić information content (AvgIpc) is 3.06. The second-order valence-electron chi connectivity index (χ2n) is 6.48. The number of aromatic nitrogens is 2. The topological polar surface area (TPSA) is 99.7 Å². The molecule has 144 valence electrons. The Morgan fingerprint density at radius 1 is 1.33 bits per heavy atom. The zero-order valence-electron chi connectivity index (χ0n) is 14.9. The summed E-state index contributed by atoms with van der Waals surface area (Å²) < 4.78 is 13.2. The Labute approximate surface area is 161 Å². The molecule has 0 aliphatic carbocycles. The van der Waals surface area contributed by atoms with Crippen LogP contribution < -0.4 is 10.5 Å². The minimum absolute atomic E-state index is 0.0598. The fourth-order valence-corrected chi connectivity index (χ4v) is 3.20. The number of nitrogens with two attached hydrogens (primary N) is 1. The van der Waals surface area contributed by atoms with Gasteiger partial charge in [-0.05, 0) is 30.3 Å². The van der Waals surface area contributed by atoms with Crippen molar-refractivity contribution in [3.63, 3.8) is 0 Å². The third kappa shape index (κ3) is 4.58. The van der Waals surface area contributed by atoms with Crippen LogP contribution in [0.3, 0.4) is 0 Å². The van der Waals surface area contributed by atoms with Crippen molar-refractivity contribution in [2.45, 2.75) is 12.0 Å². The highest BCUT2D eigenvalue weighted by Gasteiger charge is 2.41. The highest BCUT2D eigenvalue weighted by atomic mass is 35.5. The Hall–Kier alpha value is -2.58. The largest absolute Gasteiger partial charge is 0.490 e. The number of primary amides is 1. The number of nitrogens with zero attached hydrogens (tertiary/aromatic N) is 3. The first kappa shape index (κ1) is 19.2. The predicted molar refractivity (Wildman–Crippen MR) is 98.6 cm³/mol. The van der Waals surface area contributed by atoms with Crippen LogP contribution in [0.2, 0.25) is 5.02 Å². The maximum absolute atomic E-state index is 12.8. The lowest BCUT2D eigenvalue weighted by Gasteiger charge is -2.41. The first-order chi connectivity index (χ1) is 12.9. The van der Waals surface area contributed by atoms with E-state index in [2.05, 4.69) is 5.10 Å². The molecule has 0 unspecified atom stereocenters. The first-order valence-corrected chi connectivity index (χ1v) is 8.84. The van der Waals surface area contributed by atoms with Crippen LogP contribution >= 0.6 is 11.6 Å². The number of rotatable bonds is 6. The number of ether oxygens (including phenoxy) is 2. The van der Waals surface area contributed by atoms with Gasteiger partial charge in [0.15, 0.2) is 0 Å². The lowest BCUT2D eigenvalue weighted by molar-refractivity contribution is -0.142. The zero-order chi connectivity index (χ0) is 19.4. The van der Waals surface area contributed by atoms with Gasteiger partial charge in [-0.25, -0.2) is 0 Å². The van der Waals surface area contributed by atoms with Gasteiger partial charge in [0.25, 0.3) is 5.91 Å². The van der Waals surface area contributed by atoms with Crippen LogP contribution in [-0.2, 0) is 16.6 Å². The summed E-state index contributed by atoms with van der Waals surface area (Å²) in [6.45, 7) is 0.951. The van der Waals surface area contributed by atoms with Crippen LogP contribution in [0.1, 0.15) is 16.9 Å². The molecule has 9 heteroatoms. The quantitative estimate of drug-likeness (QED) is 0.797. The molecular formula is C18H21ClN4O4. The van der Waals surface area contributed by atoms with Crippen molar-refractivity contribution in [3.05, 3.63) is 47.2 Å². The van der Waals surface area contributed by atoms with Gasteiger partial charge in [-0.1, -0.05) is 11.6 Å². The third-order valence-electron chi connectivity index (χ3n) is 4.39. The number of halogens is 1. The van der Waals surface area contributed by atoms with Crippen LogP contribution in [0, 0.1) is 0 Å². The Bertz CT molecular complexity index is 823. The molecule has 1 aromatic heterocycles. The molecule has 1 fully saturated rings. The number of hydrogen-bond acceptors (Lipinski definition) is 5. The second-order valence-corrected chi connectivity index (χ2v) is 6.92.